The number of hydrogen-bond donors (Lipinski definition) is 0. The molecule has 0 heterocycles. The minimum absolute atomic E-state index is 0.681. The van der Waals surface area contributed by atoms with Gasteiger partial charge in [-0.05, 0) is 41.1 Å². The molecule has 2 nitrogen and oxygen atoms in total. The van der Waals surface area contributed by atoms with Gasteiger partial charge in [0.2, 0.25) is 0 Å². The van der Waals surface area contributed by atoms with Crippen molar-refractivity contribution in [3.8, 4) is 0 Å². The van der Waals surface area contributed by atoms with Gasteiger partial charge in [0.15, 0.2) is 0 Å². The number of likely N-dealkylation sites (N-methyl/N-ethyl adjacent to an activating group) is 1. The second kappa shape index (κ2) is 5.71. The van der Waals surface area contributed by atoms with Gasteiger partial charge in [0.05, 0.1) is 5.69 Å². The standard InChI is InChI=1S/C12H14BrNO/c1-3-7-14(4-2)12-6-5-10(9-15)8-11(12)13/h3,5-6,8-9H,1,4,7H2,2H3. The molecule has 0 radical (unpaired) electrons. The third-order valence-electron chi connectivity index (χ3n) is 2.18. The molecule has 0 aliphatic carbocycles. The average molecular weight is 268 g/mol. The summed E-state index contributed by atoms with van der Waals surface area (Å²) in [6, 6.07) is 5.59. The average Bonchev–Trinajstić information content (AvgIpc) is 2.26. The molecule has 3 heteroatoms. The Bertz CT molecular complexity index is 363. The predicted molar refractivity (Wildman–Crippen MR) is 67.6 cm³/mol. The van der Waals surface area contributed by atoms with E-state index in [-0.39, 0.29) is 0 Å². The van der Waals surface area contributed by atoms with Crippen molar-refractivity contribution < 1.29 is 4.79 Å². The molecule has 0 N–H and O–H groups in total. The van der Waals surface area contributed by atoms with Gasteiger partial charge in [-0.25, -0.2) is 0 Å². The molecule has 0 aliphatic rings. The van der Waals surface area contributed by atoms with E-state index in [1.54, 1.807) is 0 Å². The predicted octanol–water partition coefficient (Wildman–Crippen LogP) is 3.27. The van der Waals surface area contributed by atoms with Gasteiger partial charge in [-0.1, -0.05) is 6.08 Å². The summed E-state index contributed by atoms with van der Waals surface area (Å²) in [6.07, 6.45) is 2.71. The third kappa shape index (κ3) is 2.93. The van der Waals surface area contributed by atoms with Gasteiger partial charge >= 0.3 is 0 Å². The minimum Gasteiger partial charge on any atom is -0.367 e. The SMILES string of the molecule is C=CCN(CC)c1ccc(C=O)cc1Br. The van der Waals surface area contributed by atoms with E-state index >= 15 is 0 Å². The monoisotopic (exact) mass is 267 g/mol. The lowest BCUT2D eigenvalue weighted by molar-refractivity contribution is 0.112. The number of halogens is 1. The van der Waals surface area contributed by atoms with E-state index in [0.29, 0.717) is 5.56 Å². The van der Waals surface area contributed by atoms with Crippen molar-refractivity contribution in [3.05, 3.63) is 40.9 Å². The Kier molecular flexibility index (Phi) is 4.56. The zero-order valence-corrected chi connectivity index (χ0v) is 10.3. The lowest BCUT2D eigenvalue weighted by Crippen LogP contribution is -2.22. The summed E-state index contributed by atoms with van der Waals surface area (Å²) < 4.78 is 0.941. The van der Waals surface area contributed by atoms with Gasteiger partial charge in [-0.3, -0.25) is 4.79 Å². The molecule has 0 fully saturated rings. The van der Waals surface area contributed by atoms with E-state index < -0.39 is 0 Å². The number of hydrogen-bond acceptors (Lipinski definition) is 2. The summed E-state index contributed by atoms with van der Waals surface area (Å²) in [5.41, 5.74) is 1.77. The molecule has 1 rings (SSSR count). The Balaban J connectivity index is 3.02. The quantitative estimate of drug-likeness (QED) is 0.603. The van der Waals surface area contributed by atoms with Gasteiger partial charge in [0, 0.05) is 23.1 Å². The maximum absolute atomic E-state index is 10.6. The largest absolute Gasteiger partial charge is 0.367 e. The van der Waals surface area contributed by atoms with E-state index in [9.17, 15) is 4.79 Å². The molecule has 0 saturated heterocycles. The molecule has 0 saturated carbocycles. The molecule has 0 bridgehead atoms. The van der Waals surface area contributed by atoms with Crippen LogP contribution in [0.5, 0.6) is 0 Å². The van der Waals surface area contributed by atoms with Crippen molar-refractivity contribution in [2.24, 2.45) is 0 Å². The molecule has 80 valence electrons. The minimum atomic E-state index is 0.681. The molecule has 0 unspecified atom stereocenters. The fourth-order valence-electron chi connectivity index (χ4n) is 1.41. The zero-order chi connectivity index (χ0) is 11.3. The van der Waals surface area contributed by atoms with Crippen LogP contribution in [0.2, 0.25) is 0 Å². The van der Waals surface area contributed by atoms with Crippen LogP contribution in [0.15, 0.2) is 35.3 Å². The van der Waals surface area contributed by atoms with Crippen molar-refractivity contribution in [3.63, 3.8) is 0 Å². The second-order valence-electron chi connectivity index (χ2n) is 3.16. The van der Waals surface area contributed by atoms with Crippen LogP contribution in [0.25, 0.3) is 0 Å². The van der Waals surface area contributed by atoms with Gasteiger partial charge in [0.25, 0.3) is 0 Å². The van der Waals surface area contributed by atoms with Crippen molar-refractivity contribution in [1.29, 1.82) is 0 Å². The van der Waals surface area contributed by atoms with E-state index in [2.05, 4.69) is 34.3 Å². The summed E-state index contributed by atoms with van der Waals surface area (Å²) in [6.45, 7) is 7.52. The first-order chi connectivity index (χ1) is 7.22. The number of carbonyl (C=O) groups excluding carboxylic acids is 1. The zero-order valence-electron chi connectivity index (χ0n) is 8.74. The maximum atomic E-state index is 10.6. The number of carbonyl (C=O) groups is 1. The van der Waals surface area contributed by atoms with Crippen LogP contribution < -0.4 is 4.90 Å². The summed E-state index contributed by atoms with van der Waals surface area (Å²) >= 11 is 3.46. The van der Waals surface area contributed by atoms with Gasteiger partial charge in [0.1, 0.15) is 6.29 Å². The molecule has 0 aromatic heterocycles. The summed E-state index contributed by atoms with van der Waals surface area (Å²) in [7, 11) is 0. The molecule has 0 aliphatic heterocycles. The van der Waals surface area contributed by atoms with Gasteiger partial charge in [-0.15, -0.1) is 6.58 Å². The molecular weight excluding hydrogens is 254 g/mol. The van der Waals surface area contributed by atoms with E-state index in [1.807, 2.05) is 24.3 Å². The number of aldehydes is 1. The van der Waals surface area contributed by atoms with Crippen molar-refractivity contribution in [2.75, 3.05) is 18.0 Å². The normalized spacial score (nSPS) is 9.73. The van der Waals surface area contributed by atoms with Crippen LogP contribution in [0.1, 0.15) is 17.3 Å². The van der Waals surface area contributed by atoms with Crippen molar-refractivity contribution >= 4 is 27.9 Å². The number of anilines is 1. The summed E-state index contributed by atoms with van der Waals surface area (Å²) in [5, 5.41) is 0. The molecule has 0 atom stereocenters. The first-order valence-electron chi connectivity index (χ1n) is 4.83. The van der Waals surface area contributed by atoms with Crippen LogP contribution in [0.3, 0.4) is 0 Å². The fourth-order valence-corrected chi connectivity index (χ4v) is 2.05. The van der Waals surface area contributed by atoms with E-state index in [0.717, 1.165) is 29.5 Å². The molecule has 1 aromatic carbocycles. The Morgan fingerprint density at radius 2 is 2.27 bits per heavy atom. The number of rotatable bonds is 5. The highest BCUT2D eigenvalue weighted by molar-refractivity contribution is 9.10. The lowest BCUT2D eigenvalue weighted by Gasteiger charge is -2.22. The van der Waals surface area contributed by atoms with E-state index in [1.165, 1.54) is 0 Å². The maximum Gasteiger partial charge on any atom is 0.150 e. The van der Waals surface area contributed by atoms with Crippen molar-refractivity contribution in [2.45, 2.75) is 6.92 Å². The number of nitrogens with zero attached hydrogens (tertiary/aromatic N) is 1. The molecule has 0 amide bonds. The third-order valence-corrected chi connectivity index (χ3v) is 2.81. The van der Waals surface area contributed by atoms with Crippen LogP contribution >= 0.6 is 15.9 Å². The molecular formula is C12H14BrNO. The first kappa shape index (κ1) is 12.0. The Morgan fingerprint density at radius 3 is 2.73 bits per heavy atom. The van der Waals surface area contributed by atoms with Gasteiger partial charge in [-0.2, -0.15) is 0 Å². The first-order valence-corrected chi connectivity index (χ1v) is 5.62. The smallest absolute Gasteiger partial charge is 0.150 e. The fraction of sp³-hybridized carbons (Fsp3) is 0.250. The Morgan fingerprint density at radius 1 is 1.53 bits per heavy atom. The number of benzene rings is 1. The Labute approximate surface area is 98.7 Å². The van der Waals surface area contributed by atoms with Crippen LogP contribution in [0, 0.1) is 0 Å². The summed E-state index contributed by atoms with van der Waals surface area (Å²) in [5.74, 6) is 0. The van der Waals surface area contributed by atoms with Crippen LogP contribution in [-0.2, 0) is 0 Å². The van der Waals surface area contributed by atoms with Crippen LogP contribution in [0.4, 0.5) is 5.69 Å². The lowest BCUT2D eigenvalue weighted by atomic mass is 10.2. The Hall–Kier alpha value is -1.09. The highest BCUT2D eigenvalue weighted by Gasteiger charge is 2.07. The van der Waals surface area contributed by atoms with Crippen molar-refractivity contribution in [1.82, 2.24) is 0 Å². The highest BCUT2D eigenvalue weighted by Crippen LogP contribution is 2.26. The topological polar surface area (TPSA) is 20.3 Å². The molecule has 1 aromatic rings. The summed E-state index contributed by atoms with van der Waals surface area (Å²) in [4.78, 5) is 12.8. The van der Waals surface area contributed by atoms with E-state index in [4.69, 9.17) is 0 Å². The van der Waals surface area contributed by atoms with Crippen LogP contribution in [-0.4, -0.2) is 19.4 Å². The second-order valence-corrected chi connectivity index (χ2v) is 4.01. The highest BCUT2D eigenvalue weighted by atomic mass is 79.9. The van der Waals surface area contributed by atoms with Gasteiger partial charge < -0.3 is 4.90 Å². The molecule has 0 spiro atoms. The molecule has 15 heavy (non-hydrogen) atoms.